The van der Waals surface area contributed by atoms with Crippen LogP contribution in [-0.2, 0) is 8.98 Å². The maximum atomic E-state index is 12.7. The summed E-state index contributed by atoms with van der Waals surface area (Å²) in [6.45, 7) is 8.11. The molecule has 4 nitrogen and oxygen atoms in total. The highest BCUT2D eigenvalue weighted by Crippen LogP contribution is 2.66. The minimum absolute atomic E-state index is 0.0442. The molecule has 3 saturated carbocycles. The summed E-state index contributed by atoms with van der Waals surface area (Å²) >= 11 is 1.31. The Bertz CT molecular complexity index is 690. The lowest BCUT2D eigenvalue weighted by Gasteiger charge is -2.59. The van der Waals surface area contributed by atoms with Gasteiger partial charge in [-0.15, -0.1) is 0 Å². The van der Waals surface area contributed by atoms with Crippen LogP contribution in [0.2, 0.25) is 0 Å². The topological polar surface area (TPSA) is 64.3 Å². The Morgan fingerprint density at radius 3 is 2.86 bits per heavy atom. The van der Waals surface area contributed by atoms with Crippen molar-refractivity contribution < 1.29 is 8.98 Å². The highest BCUT2D eigenvalue weighted by Gasteiger charge is 2.60. The van der Waals surface area contributed by atoms with Gasteiger partial charge in [-0.3, -0.25) is 8.98 Å². The van der Waals surface area contributed by atoms with Gasteiger partial charge in [0.1, 0.15) is 18.0 Å². The lowest BCUT2D eigenvalue weighted by atomic mass is 9.45. The van der Waals surface area contributed by atoms with Gasteiger partial charge >= 0.3 is 0 Å². The van der Waals surface area contributed by atoms with E-state index in [2.05, 4.69) is 37.6 Å². The minimum atomic E-state index is -0.0442. The molecule has 4 aliphatic carbocycles. The number of Topliss-reactive ketones (excluding diaryl/α,β-unsaturated/α-hetero) is 1. The van der Waals surface area contributed by atoms with E-state index in [1.54, 1.807) is 5.57 Å². The number of rotatable bonds is 5. The molecule has 3 N–H and O–H groups in total. The molecule has 4 aliphatic rings. The number of fused-ring (bicyclic) bond motifs is 5. The SMILES string of the molecule is CC=C1CC2C3CCC(=O)C3(C)CCC2C2(C)CCC(NSOCCN)=CC12. The molecule has 0 amide bonds. The van der Waals surface area contributed by atoms with Crippen LogP contribution in [0.4, 0.5) is 0 Å². The fraction of sp³-hybridized carbons (Fsp3) is 0.783. The number of ketones is 1. The maximum absolute atomic E-state index is 12.7. The van der Waals surface area contributed by atoms with Crippen molar-refractivity contribution in [2.45, 2.75) is 65.7 Å². The van der Waals surface area contributed by atoms with Crippen LogP contribution in [0.1, 0.15) is 65.7 Å². The van der Waals surface area contributed by atoms with E-state index >= 15 is 0 Å². The number of hydrogen-bond donors (Lipinski definition) is 2. The second-order valence-corrected chi connectivity index (χ2v) is 10.4. The van der Waals surface area contributed by atoms with E-state index < -0.39 is 0 Å². The molecule has 156 valence electrons. The molecule has 0 aromatic heterocycles. The maximum Gasteiger partial charge on any atom is 0.139 e. The Labute approximate surface area is 174 Å². The third-order valence-corrected chi connectivity index (χ3v) is 9.31. The molecule has 4 rings (SSSR count). The van der Waals surface area contributed by atoms with Crippen LogP contribution >= 0.6 is 12.2 Å². The largest absolute Gasteiger partial charge is 0.328 e. The highest BCUT2D eigenvalue weighted by molar-refractivity contribution is 7.92. The fourth-order valence-electron chi connectivity index (χ4n) is 7.10. The van der Waals surface area contributed by atoms with Gasteiger partial charge in [-0.25, -0.2) is 0 Å². The average Bonchev–Trinajstić information content (AvgIpc) is 3.00. The zero-order chi connectivity index (χ0) is 19.9. The molecule has 0 spiro atoms. The van der Waals surface area contributed by atoms with Crippen molar-refractivity contribution in [2.75, 3.05) is 13.2 Å². The summed E-state index contributed by atoms with van der Waals surface area (Å²) < 4.78 is 8.85. The van der Waals surface area contributed by atoms with Crippen molar-refractivity contribution in [1.82, 2.24) is 4.72 Å². The first-order valence-electron chi connectivity index (χ1n) is 11.1. The summed E-state index contributed by atoms with van der Waals surface area (Å²) in [4.78, 5) is 12.7. The van der Waals surface area contributed by atoms with Gasteiger partial charge in [-0.2, -0.15) is 0 Å². The highest BCUT2D eigenvalue weighted by atomic mass is 32.2. The van der Waals surface area contributed by atoms with Crippen molar-refractivity contribution in [3.8, 4) is 0 Å². The average molecular weight is 405 g/mol. The molecular weight excluding hydrogens is 368 g/mol. The third-order valence-electron chi connectivity index (χ3n) is 8.68. The van der Waals surface area contributed by atoms with E-state index in [1.807, 2.05) is 0 Å². The van der Waals surface area contributed by atoms with E-state index in [0.29, 0.717) is 42.1 Å². The summed E-state index contributed by atoms with van der Waals surface area (Å²) in [5.74, 6) is 3.06. The van der Waals surface area contributed by atoms with Gasteiger partial charge in [0, 0.05) is 30.0 Å². The smallest absolute Gasteiger partial charge is 0.139 e. The number of nitrogens with two attached hydrogens (primary N) is 1. The molecule has 0 aliphatic heterocycles. The van der Waals surface area contributed by atoms with Crippen LogP contribution in [0.3, 0.4) is 0 Å². The Hall–Kier alpha value is -0.780. The van der Waals surface area contributed by atoms with E-state index in [0.717, 1.165) is 31.6 Å². The molecule has 0 aromatic carbocycles. The number of carbonyl (C=O) groups excluding carboxylic acids is 1. The normalized spacial score (nSPS) is 43.9. The van der Waals surface area contributed by atoms with Gasteiger partial charge in [0.2, 0.25) is 0 Å². The van der Waals surface area contributed by atoms with E-state index in [1.165, 1.54) is 37.2 Å². The predicted octanol–water partition coefficient (Wildman–Crippen LogP) is 4.78. The number of hydrogen-bond acceptors (Lipinski definition) is 5. The number of carbonyl (C=O) groups is 1. The van der Waals surface area contributed by atoms with Crippen molar-refractivity contribution >= 4 is 18.0 Å². The van der Waals surface area contributed by atoms with Crippen LogP contribution < -0.4 is 10.5 Å². The van der Waals surface area contributed by atoms with Gasteiger partial charge in [-0.1, -0.05) is 31.6 Å². The van der Waals surface area contributed by atoms with Crippen LogP contribution in [0.25, 0.3) is 0 Å². The van der Waals surface area contributed by atoms with Crippen LogP contribution in [-0.4, -0.2) is 18.9 Å². The zero-order valence-corrected chi connectivity index (χ0v) is 18.4. The zero-order valence-electron chi connectivity index (χ0n) is 17.6. The van der Waals surface area contributed by atoms with Gasteiger partial charge in [0.25, 0.3) is 0 Å². The van der Waals surface area contributed by atoms with Gasteiger partial charge in [0.15, 0.2) is 0 Å². The van der Waals surface area contributed by atoms with Crippen molar-refractivity contribution in [3.05, 3.63) is 23.4 Å². The van der Waals surface area contributed by atoms with Crippen LogP contribution in [0.15, 0.2) is 23.4 Å². The monoisotopic (exact) mass is 404 g/mol. The molecule has 5 heteroatoms. The summed E-state index contributed by atoms with van der Waals surface area (Å²) in [6, 6.07) is 0. The summed E-state index contributed by atoms with van der Waals surface area (Å²) in [5.41, 5.74) is 8.64. The van der Waals surface area contributed by atoms with Gasteiger partial charge < -0.3 is 10.5 Å². The molecule has 0 heterocycles. The fourth-order valence-corrected chi connectivity index (χ4v) is 7.61. The van der Waals surface area contributed by atoms with Gasteiger partial charge in [-0.05, 0) is 68.6 Å². The number of nitrogens with one attached hydrogen (secondary N) is 1. The Morgan fingerprint density at radius 1 is 1.29 bits per heavy atom. The van der Waals surface area contributed by atoms with E-state index in [9.17, 15) is 4.79 Å². The molecule has 28 heavy (non-hydrogen) atoms. The van der Waals surface area contributed by atoms with Gasteiger partial charge in [0.05, 0.1) is 6.61 Å². The molecule has 0 aromatic rings. The summed E-state index contributed by atoms with van der Waals surface area (Å²) in [5, 5.41) is 0. The molecule has 6 atom stereocenters. The quantitative estimate of drug-likeness (QED) is 0.299. The molecule has 3 fully saturated rings. The second kappa shape index (κ2) is 7.81. The van der Waals surface area contributed by atoms with Crippen molar-refractivity contribution in [1.29, 1.82) is 0 Å². The molecule has 6 unspecified atom stereocenters. The predicted molar refractivity (Wildman–Crippen MR) is 115 cm³/mol. The van der Waals surface area contributed by atoms with Crippen molar-refractivity contribution in [2.24, 2.45) is 40.2 Å². The first kappa shape index (κ1) is 20.5. The van der Waals surface area contributed by atoms with Crippen molar-refractivity contribution in [3.63, 3.8) is 0 Å². The van der Waals surface area contributed by atoms with Crippen LogP contribution in [0, 0.1) is 34.5 Å². The second-order valence-electron chi connectivity index (χ2n) is 9.83. The third kappa shape index (κ3) is 3.18. The summed E-state index contributed by atoms with van der Waals surface area (Å²) in [7, 11) is 0. The standard InChI is InChI=1S/C23H36N2O2S/c1-4-15-13-17-18-5-6-21(26)23(18,3)10-8-19(17)22(2)9-7-16(14-20(15)22)25-28-27-12-11-24/h4,14,17-20,25H,5-13,24H2,1-3H3. The Balaban J connectivity index is 1.57. The lowest BCUT2D eigenvalue weighted by Crippen LogP contribution is -2.53. The summed E-state index contributed by atoms with van der Waals surface area (Å²) in [6.07, 6.45) is 12.5. The first-order chi connectivity index (χ1) is 13.4. The van der Waals surface area contributed by atoms with Crippen LogP contribution in [0.5, 0.6) is 0 Å². The Kier molecular flexibility index (Phi) is 5.71. The van der Waals surface area contributed by atoms with E-state index in [4.69, 9.17) is 9.92 Å². The molecular formula is C23H36N2O2S. The molecule has 0 radical (unpaired) electrons. The Morgan fingerprint density at radius 2 is 2.11 bits per heavy atom. The first-order valence-corrected chi connectivity index (χ1v) is 11.8. The molecule has 0 bridgehead atoms. The number of allylic oxidation sites excluding steroid dienone is 4. The minimum Gasteiger partial charge on any atom is -0.328 e. The van der Waals surface area contributed by atoms with E-state index in [-0.39, 0.29) is 5.41 Å². The lowest BCUT2D eigenvalue weighted by molar-refractivity contribution is -0.133. The molecule has 0 saturated heterocycles.